The van der Waals surface area contributed by atoms with Gasteiger partial charge in [0.1, 0.15) is 0 Å². The molecule has 1 aromatic rings. The van der Waals surface area contributed by atoms with E-state index < -0.39 is 0 Å². The molecule has 1 aliphatic rings. The molecule has 0 heterocycles. The molecular weight excluding hydrogens is 230 g/mol. The zero-order valence-electron chi connectivity index (χ0n) is 12.6. The topological polar surface area (TPSA) is 12.0 Å². The van der Waals surface area contributed by atoms with Gasteiger partial charge in [0.05, 0.1) is 0 Å². The molecule has 1 aliphatic carbocycles. The van der Waals surface area contributed by atoms with Crippen LogP contribution in [0.1, 0.15) is 69.5 Å². The third-order valence-electron chi connectivity index (χ3n) is 4.56. The molecule has 0 radical (unpaired) electrons. The van der Waals surface area contributed by atoms with Crippen molar-refractivity contribution in [3.05, 3.63) is 35.4 Å². The largest absolute Gasteiger partial charge is 0.310 e. The van der Waals surface area contributed by atoms with Crippen LogP contribution in [0.4, 0.5) is 0 Å². The Labute approximate surface area is 118 Å². The highest BCUT2D eigenvalue weighted by molar-refractivity contribution is 5.30. The Hall–Kier alpha value is -0.820. The highest BCUT2D eigenvalue weighted by Crippen LogP contribution is 2.33. The molecule has 0 saturated heterocycles. The van der Waals surface area contributed by atoms with Crippen LogP contribution < -0.4 is 5.32 Å². The van der Waals surface area contributed by atoms with E-state index in [9.17, 15) is 0 Å². The minimum atomic E-state index is 0.559. The number of hydrogen-bond donors (Lipinski definition) is 1. The molecule has 0 amide bonds. The summed E-state index contributed by atoms with van der Waals surface area (Å²) in [6.07, 6.45) is 9.69. The Morgan fingerprint density at radius 2 is 1.84 bits per heavy atom. The lowest BCUT2D eigenvalue weighted by Crippen LogP contribution is -2.25. The van der Waals surface area contributed by atoms with Gasteiger partial charge in [-0.1, -0.05) is 70.2 Å². The van der Waals surface area contributed by atoms with Crippen LogP contribution in [0.25, 0.3) is 0 Å². The Morgan fingerprint density at radius 1 is 1.11 bits per heavy atom. The van der Waals surface area contributed by atoms with E-state index in [1.54, 1.807) is 0 Å². The molecule has 2 rings (SSSR count). The average Bonchev–Trinajstić information content (AvgIpc) is 2.48. The van der Waals surface area contributed by atoms with E-state index in [0.717, 1.165) is 18.9 Å². The van der Waals surface area contributed by atoms with Crippen molar-refractivity contribution in [3.63, 3.8) is 0 Å². The van der Waals surface area contributed by atoms with Gasteiger partial charge in [0, 0.05) is 6.04 Å². The predicted octanol–water partition coefficient (Wildman–Crippen LogP) is 4.87. The van der Waals surface area contributed by atoms with Crippen LogP contribution in [-0.4, -0.2) is 6.54 Å². The summed E-state index contributed by atoms with van der Waals surface area (Å²) in [6, 6.07) is 9.55. The van der Waals surface area contributed by atoms with E-state index in [2.05, 4.69) is 43.4 Å². The summed E-state index contributed by atoms with van der Waals surface area (Å²) >= 11 is 0. The molecule has 1 nitrogen and oxygen atoms in total. The molecule has 1 saturated carbocycles. The quantitative estimate of drug-likeness (QED) is 0.768. The zero-order chi connectivity index (χ0) is 13.5. The summed E-state index contributed by atoms with van der Waals surface area (Å²) in [5.41, 5.74) is 3.06. The number of rotatable bonds is 6. The van der Waals surface area contributed by atoms with Gasteiger partial charge in [-0.3, -0.25) is 0 Å². The van der Waals surface area contributed by atoms with E-state index in [4.69, 9.17) is 0 Å². The second kappa shape index (κ2) is 7.69. The van der Waals surface area contributed by atoms with Gasteiger partial charge in [-0.05, 0) is 36.4 Å². The van der Waals surface area contributed by atoms with Gasteiger partial charge < -0.3 is 5.32 Å². The lowest BCUT2D eigenvalue weighted by molar-refractivity contribution is 0.301. The highest BCUT2D eigenvalue weighted by Gasteiger charge is 2.20. The van der Waals surface area contributed by atoms with Crippen molar-refractivity contribution in [1.82, 2.24) is 5.32 Å². The third kappa shape index (κ3) is 4.07. The monoisotopic (exact) mass is 259 g/mol. The second-order valence-electron chi connectivity index (χ2n) is 5.90. The number of hydrogen-bond acceptors (Lipinski definition) is 1. The molecule has 1 heteroatoms. The maximum Gasteiger partial charge on any atom is 0.0325 e. The van der Waals surface area contributed by atoms with E-state index in [1.165, 1.54) is 49.7 Å². The van der Waals surface area contributed by atoms with Crippen molar-refractivity contribution in [2.24, 2.45) is 5.92 Å². The predicted molar refractivity (Wildman–Crippen MR) is 83.4 cm³/mol. The zero-order valence-corrected chi connectivity index (χ0v) is 12.6. The van der Waals surface area contributed by atoms with Crippen LogP contribution in [0.15, 0.2) is 24.3 Å². The number of benzene rings is 1. The first-order valence-corrected chi connectivity index (χ1v) is 8.16. The molecule has 19 heavy (non-hydrogen) atoms. The molecule has 0 spiro atoms. The first-order valence-electron chi connectivity index (χ1n) is 8.16. The molecule has 0 aromatic heterocycles. The summed E-state index contributed by atoms with van der Waals surface area (Å²) in [4.78, 5) is 0. The summed E-state index contributed by atoms with van der Waals surface area (Å²) in [5.74, 6) is 0.933. The van der Waals surface area contributed by atoms with Gasteiger partial charge in [-0.15, -0.1) is 0 Å². The van der Waals surface area contributed by atoms with E-state index in [0.29, 0.717) is 6.04 Å². The van der Waals surface area contributed by atoms with Gasteiger partial charge in [0.15, 0.2) is 0 Å². The van der Waals surface area contributed by atoms with Gasteiger partial charge in [0.25, 0.3) is 0 Å². The molecule has 0 aliphatic heterocycles. The fraction of sp³-hybridized carbons (Fsp3) is 0.667. The summed E-state index contributed by atoms with van der Waals surface area (Å²) in [7, 11) is 0. The molecule has 1 aromatic carbocycles. The van der Waals surface area contributed by atoms with Crippen molar-refractivity contribution in [3.8, 4) is 0 Å². The molecule has 106 valence electrons. The summed E-state index contributed by atoms with van der Waals surface area (Å²) in [6.45, 7) is 5.56. The van der Waals surface area contributed by atoms with Crippen LogP contribution in [0.5, 0.6) is 0 Å². The van der Waals surface area contributed by atoms with Crippen molar-refractivity contribution < 1.29 is 0 Å². The second-order valence-corrected chi connectivity index (χ2v) is 5.90. The fourth-order valence-electron chi connectivity index (χ4n) is 3.52. The van der Waals surface area contributed by atoms with Crippen LogP contribution in [0.3, 0.4) is 0 Å². The van der Waals surface area contributed by atoms with E-state index in [1.807, 2.05) is 0 Å². The van der Waals surface area contributed by atoms with Crippen LogP contribution in [-0.2, 0) is 6.42 Å². The fourth-order valence-corrected chi connectivity index (χ4v) is 3.52. The number of nitrogens with one attached hydrogen (secondary N) is 1. The van der Waals surface area contributed by atoms with Crippen molar-refractivity contribution in [2.45, 2.75) is 64.8 Å². The SMILES string of the molecule is CCNC(CC1CCCCC1)c1ccccc1CC. The van der Waals surface area contributed by atoms with Crippen LogP contribution in [0.2, 0.25) is 0 Å². The first kappa shape index (κ1) is 14.6. The van der Waals surface area contributed by atoms with Crippen molar-refractivity contribution in [1.29, 1.82) is 0 Å². The summed E-state index contributed by atoms with van der Waals surface area (Å²) < 4.78 is 0. The van der Waals surface area contributed by atoms with Gasteiger partial charge in [-0.25, -0.2) is 0 Å². The maximum atomic E-state index is 3.72. The Balaban J connectivity index is 2.09. The molecule has 0 bridgehead atoms. The highest BCUT2D eigenvalue weighted by atomic mass is 14.9. The smallest absolute Gasteiger partial charge is 0.0325 e. The molecule has 1 unspecified atom stereocenters. The lowest BCUT2D eigenvalue weighted by Gasteiger charge is -2.28. The summed E-state index contributed by atoms with van der Waals surface area (Å²) in [5, 5.41) is 3.72. The maximum absolute atomic E-state index is 3.72. The minimum Gasteiger partial charge on any atom is -0.310 e. The van der Waals surface area contributed by atoms with Crippen LogP contribution in [0, 0.1) is 5.92 Å². The van der Waals surface area contributed by atoms with Crippen molar-refractivity contribution >= 4 is 0 Å². The normalized spacial score (nSPS) is 18.4. The standard InChI is InChI=1S/C18H29N/c1-3-16-12-8-9-13-17(16)18(19-4-2)14-15-10-6-5-7-11-15/h8-9,12-13,15,18-19H,3-7,10-11,14H2,1-2H3. The Bertz CT molecular complexity index is 366. The first-order chi connectivity index (χ1) is 9.35. The van der Waals surface area contributed by atoms with Gasteiger partial charge in [0.2, 0.25) is 0 Å². The minimum absolute atomic E-state index is 0.559. The average molecular weight is 259 g/mol. The van der Waals surface area contributed by atoms with Crippen LogP contribution >= 0.6 is 0 Å². The molecule has 1 atom stereocenters. The molecule has 1 N–H and O–H groups in total. The van der Waals surface area contributed by atoms with Crippen molar-refractivity contribution in [2.75, 3.05) is 6.54 Å². The molecule has 1 fully saturated rings. The number of aryl methyl sites for hydroxylation is 1. The van der Waals surface area contributed by atoms with E-state index in [-0.39, 0.29) is 0 Å². The third-order valence-corrected chi connectivity index (χ3v) is 4.56. The Kier molecular flexibility index (Phi) is 5.91. The van der Waals surface area contributed by atoms with E-state index >= 15 is 0 Å². The Morgan fingerprint density at radius 3 is 2.53 bits per heavy atom. The van der Waals surface area contributed by atoms with Gasteiger partial charge >= 0.3 is 0 Å². The van der Waals surface area contributed by atoms with Gasteiger partial charge in [-0.2, -0.15) is 0 Å². The lowest BCUT2D eigenvalue weighted by atomic mass is 9.82. The molecular formula is C18H29N.